The van der Waals surface area contributed by atoms with E-state index in [2.05, 4.69) is 43.3 Å². The number of hydrogen-bond donors (Lipinski definition) is 0. The van der Waals surface area contributed by atoms with Gasteiger partial charge < -0.3 is 9.47 Å². The Kier molecular flexibility index (Phi) is 5.15. The van der Waals surface area contributed by atoms with Crippen LogP contribution in [0.15, 0.2) is 66.7 Å². The summed E-state index contributed by atoms with van der Waals surface area (Å²) in [7, 11) is 0. The highest BCUT2D eigenvalue weighted by Gasteiger charge is 2.01. The Hall–Kier alpha value is -2.48. The van der Waals surface area contributed by atoms with Gasteiger partial charge in [-0.2, -0.15) is 0 Å². The third kappa shape index (κ3) is 4.26. The largest absolute Gasteiger partial charge is 0.494 e. The molecule has 23 heavy (non-hydrogen) atoms. The van der Waals surface area contributed by atoms with E-state index < -0.39 is 0 Å². The fourth-order valence-corrected chi connectivity index (χ4v) is 2.46. The maximum atomic E-state index is 5.88. The van der Waals surface area contributed by atoms with Gasteiger partial charge in [0.25, 0.3) is 0 Å². The molecule has 0 fully saturated rings. The Bertz CT molecular complexity index is 750. The van der Waals surface area contributed by atoms with Crippen LogP contribution in [0, 0.1) is 0 Å². The van der Waals surface area contributed by atoms with Crippen LogP contribution in [0.4, 0.5) is 0 Å². The van der Waals surface area contributed by atoms with Crippen molar-refractivity contribution in [2.24, 2.45) is 0 Å². The summed E-state index contributed by atoms with van der Waals surface area (Å²) in [6, 6.07) is 22.6. The van der Waals surface area contributed by atoms with Gasteiger partial charge in [-0.1, -0.05) is 55.8 Å². The third-order valence-electron chi connectivity index (χ3n) is 3.80. The van der Waals surface area contributed by atoms with E-state index in [-0.39, 0.29) is 0 Å². The molecule has 0 aliphatic heterocycles. The van der Waals surface area contributed by atoms with Gasteiger partial charge in [-0.05, 0) is 47.0 Å². The Morgan fingerprint density at radius 2 is 1.39 bits per heavy atom. The van der Waals surface area contributed by atoms with E-state index in [0.717, 1.165) is 30.9 Å². The first-order chi connectivity index (χ1) is 11.3. The Morgan fingerprint density at radius 3 is 2.04 bits per heavy atom. The molecule has 0 heterocycles. The van der Waals surface area contributed by atoms with Gasteiger partial charge in [-0.3, -0.25) is 0 Å². The lowest BCUT2D eigenvalue weighted by molar-refractivity contribution is 0.306. The van der Waals surface area contributed by atoms with Crippen LogP contribution in [-0.4, -0.2) is 6.61 Å². The first-order valence-corrected chi connectivity index (χ1v) is 8.18. The van der Waals surface area contributed by atoms with Crippen LogP contribution in [0.3, 0.4) is 0 Å². The molecule has 0 N–H and O–H groups in total. The molecule has 0 radical (unpaired) electrons. The summed E-state index contributed by atoms with van der Waals surface area (Å²) >= 11 is 0. The second kappa shape index (κ2) is 7.68. The molecule has 2 nitrogen and oxygen atoms in total. The van der Waals surface area contributed by atoms with E-state index >= 15 is 0 Å². The van der Waals surface area contributed by atoms with Crippen molar-refractivity contribution in [1.82, 2.24) is 0 Å². The Balaban J connectivity index is 1.68. The lowest BCUT2D eigenvalue weighted by atomic mass is 10.1. The number of unbranched alkanes of at least 4 members (excludes halogenated alkanes) is 1. The number of hydrogen-bond acceptors (Lipinski definition) is 2. The fraction of sp³-hybridized carbons (Fsp3) is 0.238. The van der Waals surface area contributed by atoms with Crippen molar-refractivity contribution in [2.75, 3.05) is 6.61 Å². The van der Waals surface area contributed by atoms with Crippen LogP contribution in [0.1, 0.15) is 25.3 Å². The zero-order valence-electron chi connectivity index (χ0n) is 13.5. The molecule has 0 spiro atoms. The van der Waals surface area contributed by atoms with E-state index in [0.29, 0.717) is 6.61 Å². The van der Waals surface area contributed by atoms with E-state index in [4.69, 9.17) is 9.47 Å². The maximum absolute atomic E-state index is 5.88. The maximum Gasteiger partial charge on any atom is 0.120 e. The summed E-state index contributed by atoms with van der Waals surface area (Å²) in [5, 5.41) is 2.34. The van der Waals surface area contributed by atoms with Crippen molar-refractivity contribution < 1.29 is 9.47 Å². The van der Waals surface area contributed by atoms with Gasteiger partial charge in [-0.25, -0.2) is 0 Å². The summed E-state index contributed by atoms with van der Waals surface area (Å²) in [6.45, 7) is 3.53. The second-order valence-electron chi connectivity index (χ2n) is 5.65. The summed E-state index contributed by atoms with van der Waals surface area (Å²) < 4.78 is 11.6. The molecule has 0 unspecified atom stereocenters. The predicted octanol–water partition coefficient (Wildman–Crippen LogP) is 5.60. The molecule has 3 rings (SSSR count). The zero-order valence-corrected chi connectivity index (χ0v) is 13.5. The normalized spacial score (nSPS) is 10.7. The zero-order chi connectivity index (χ0) is 15.9. The van der Waals surface area contributed by atoms with Crippen molar-refractivity contribution in [2.45, 2.75) is 26.4 Å². The molecular weight excluding hydrogens is 284 g/mol. The molecule has 3 aromatic rings. The van der Waals surface area contributed by atoms with E-state index in [1.54, 1.807) is 0 Å². The molecule has 0 aliphatic rings. The van der Waals surface area contributed by atoms with Crippen LogP contribution in [0.5, 0.6) is 11.5 Å². The van der Waals surface area contributed by atoms with Crippen LogP contribution in [0.2, 0.25) is 0 Å². The van der Waals surface area contributed by atoms with Crippen molar-refractivity contribution in [1.29, 1.82) is 0 Å². The average Bonchev–Trinajstić information content (AvgIpc) is 2.61. The molecule has 2 heteroatoms. The highest BCUT2D eigenvalue weighted by molar-refractivity contribution is 5.85. The summed E-state index contributed by atoms with van der Waals surface area (Å²) in [6.07, 6.45) is 2.24. The Morgan fingerprint density at radius 1 is 0.739 bits per heavy atom. The average molecular weight is 306 g/mol. The summed E-state index contributed by atoms with van der Waals surface area (Å²) in [4.78, 5) is 0. The molecule has 0 aliphatic carbocycles. The topological polar surface area (TPSA) is 18.5 Å². The minimum atomic E-state index is 0.588. The van der Waals surface area contributed by atoms with Gasteiger partial charge in [0.2, 0.25) is 0 Å². The van der Waals surface area contributed by atoms with Crippen molar-refractivity contribution >= 4 is 10.8 Å². The van der Waals surface area contributed by atoms with Crippen LogP contribution in [0.25, 0.3) is 10.8 Å². The summed E-state index contributed by atoms with van der Waals surface area (Å²) in [5.74, 6) is 1.82. The molecule has 118 valence electrons. The lowest BCUT2D eigenvalue weighted by Gasteiger charge is -2.09. The molecule has 0 bridgehead atoms. The highest BCUT2D eigenvalue weighted by Crippen LogP contribution is 2.25. The van der Waals surface area contributed by atoms with Crippen molar-refractivity contribution in [3.05, 3.63) is 72.3 Å². The fourth-order valence-electron chi connectivity index (χ4n) is 2.46. The van der Waals surface area contributed by atoms with Crippen molar-refractivity contribution in [3.8, 4) is 11.5 Å². The van der Waals surface area contributed by atoms with Crippen LogP contribution < -0.4 is 9.47 Å². The molecule has 0 amide bonds. The molecule has 0 saturated carbocycles. The minimum absolute atomic E-state index is 0.588. The Labute approximate surface area is 137 Å². The van der Waals surface area contributed by atoms with Gasteiger partial charge in [-0.15, -0.1) is 0 Å². The first-order valence-electron chi connectivity index (χ1n) is 8.18. The molecule has 0 saturated heterocycles. The van der Waals surface area contributed by atoms with Crippen LogP contribution >= 0.6 is 0 Å². The minimum Gasteiger partial charge on any atom is -0.494 e. The highest BCUT2D eigenvalue weighted by atomic mass is 16.5. The second-order valence-corrected chi connectivity index (χ2v) is 5.65. The van der Waals surface area contributed by atoms with Gasteiger partial charge in [0.1, 0.15) is 18.1 Å². The van der Waals surface area contributed by atoms with Gasteiger partial charge >= 0.3 is 0 Å². The van der Waals surface area contributed by atoms with Crippen molar-refractivity contribution in [3.63, 3.8) is 0 Å². The SMILES string of the molecule is CCCCOc1ccc2cc(OCc3ccccc3)ccc2c1. The van der Waals surface area contributed by atoms with E-state index in [9.17, 15) is 0 Å². The van der Waals surface area contributed by atoms with Gasteiger partial charge in [0.05, 0.1) is 6.61 Å². The van der Waals surface area contributed by atoms with E-state index in [1.165, 1.54) is 16.3 Å². The van der Waals surface area contributed by atoms with Gasteiger partial charge in [0, 0.05) is 0 Å². The quantitative estimate of drug-likeness (QED) is 0.529. The number of benzene rings is 3. The molecular formula is C21H22O2. The van der Waals surface area contributed by atoms with Gasteiger partial charge in [0.15, 0.2) is 0 Å². The third-order valence-corrected chi connectivity index (χ3v) is 3.80. The smallest absolute Gasteiger partial charge is 0.120 e. The standard InChI is InChI=1S/C21H22O2/c1-2-3-13-22-20-11-9-19-15-21(12-10-18(19)14-20)23-16-17-7-5-4-6-8-17/h4-12,14-15H,2-3,13,16H2,1H3. The predicted molar refractivity (Wildman–Crippen MR) is 95.1 cm³/mol. The molecule has 0 atom stereocenters. The first kappa shape index (κ1) is 15.4. The molecule has 3 aromatic carbocycles. The number of rotatable bonds is 7. The molecule has 0 aromatic heterocycles. The monoisotopic (exact) mass is 306 g/mol. The van der Waals surface area contributed by atoms with E-state index in [1.807, 2.05) is 30.3 Å². The number of fused-ring (bicyclic) bond motifs is 1. The number of ether oxygens (including phenoxy) is 2. The lowest BCUT2D eigenvalue weighted by Crippen LogP contribution is -1.96. The van der Waals surface area contributed by atoms with Crippen LogP contribution in [-0.2, 0) is 6.61 Å². The summed E-state index contributed by atoms with van der Waals surface area (Å²) in [5.41, 5.74) is 1.17.